The lowest BCUT2D eigenvalue weighted by Gasteiger charge is -2.38. The van der Waals surface area contributed by atoms with Crippen LogP contribution in [0.1, 0.15) is 33.6 Å². The van der Waals surface area contributed by atoms with Crippen molar-refractivity contribution in [2.75, 3.05) is 52.6 Å². The van der Waals surface area contributed by atoms with Gasteiger partial charge >= 0.3 is 0 Å². The van der Waals surface area contributed by atoms with Crippen LogP contribution >= 0.6 is 0 Å². The zero-order valence-electron chi connectivity index (χ0n) is 15.9. The molecule has 6 heteroatoms. The predicted octanol–water partition coefficient (Wildman–Crippen LogP) is 1.70. The van der Waals surface area contributed by atoms with E-state index in [-0.39, 0.29) is 17.7 Å². The second-order valence-corrected chi connectivity index (χ2v) is 7.50. The maximum absolute atomic E-state index is 12.9. The van der Waals surface area contributed by atoms with Crippen molar-refractivity contribution in [3.05, 3.63) is 12.2 Å². The molecular weight excluding hydrogens is 320 g/mol. The predicted molar refractivity (Wildman–Crippen MR) is 96.1 cm³/mol. The third-order valence-electron chi connectivity index (χ3n) is 5.57. The van der Waals surface area contributed by atoms with E-state index in [2.05, 4.69) is 6.58 Å². The largest absolute Gasteiger partial charge is 0.378 e. The first-order chi connectivity index (χ1) is 11.8. The first-order valence-corrected chi connectivity index (χ1v) is 9.24. The minimum Gasteiger partial charge on any atom is -0.378 e. The van der Waals surface area contributed by atoms with Gasteiger partial charge in [-0.1, -0.05) is 32.9 Å². The number of hydrogen-bond donors (Lipinski definition) is 0. The molecule has 0 aromatic heterocycles. The first-order valence-electron chi connectivity index (χ1n) is 9.24. The lowest BCUT2D eigenvalue weighted by Crippen LogP contribution is -2.49. The number of amides is 2. The number of morpholine rings is 2. The number of hydrogen-bond acceptors (Lipinski definition) is 4. The molecule has 1 atom stereocenters. The van der Waals surface area contributed by atoms with Gasteiger partial charge in [0.2, 0.25) is 11.8 Å². The van der Waals surface area contributed by atoms with Crippen LogP contribution in [-0.4, -0.2) is 74.2 Å². The fourth-order valence-corrected chi connectivity index (χ4v) is 3.32. The highest BCUT2D eigenvalue weighted by molar-refractivity contribution is 5.83. The Bertz CT molecular complexity index is 492. The summed E-state index contributed by atoms with van der Waals surface area (Å²) in [6.07, 6.45) is 1.07. The molecule has 6 nitrogen and oxygen atoms in total. The summed E-state index contributed by atoms with van der Waals surface area (Å²) in [5.74, 6) is 0.304. The molecular formula is C19H32N2O4. The molecule has 2 amide bonds. The number of carbonyl (C=O) groups is 2. The third kappa shape index (κ3) is 5.05. The molecule has 0 aromatic carbocycles. The van der Waals surface area contributed by atoms with E-state index in [9.17, 15) is 9.59 Å². The van der Waals surface area contributed by atoms with Gasteiger partial charge in [-0.2, -0.15) is 0 Å². The van der Waals surface area contributed by atoms with Crippen molar-refractivity contribution in [2.24, 2.45) is 11.3 Å². The first kappa shape index (κ1) is 19.9. The van der Waals surface area contributed by atoms with E-state index in [1.807, 2.05) is 30.6 Å². The van der Waals surface area contributed by atoms with Crippen LogP contribution in [0.25, 0.3) is 0 Å². The molecule has 2 aliphatic heterocycles. The lowest BCUT2D eigenvalue weighted by atomic mass is 9.74. The van der Waals surface area contributed by atoms with Crippen LogP contribution in [0.15, 0.2) is 12.2 Å². The number of allylic oxidation sites excluding steroid dienone is 1. The Morgan fingerprint density at radius 2 is 1.44 bits per heavy atom. The quantitative estimate of drug-likeness (QED) is 0.683. The fourth-order valence-electron chi connectivity index (χ4n) is 3.32. The standard InChI is InChI=1S/C19H32N2O4/c1-15(5-6-17(22)20-7-11-24-12-8-20)16(2)19(3,4)18(23)21-9-13-25-14-10-21/h16H,1,5-14H2,2-4H3/t16-/m1/s1. The molecule has 0 saturated carbocycles. The number of rotatable bonds is 6. The van der Waals surface area contributed by atoms with Crippen molar-refractivity contribution < 1.29 is 19.1 Å². The van der Waals surface area contributed by atoms with Gasteiger partial charge in [0, 0.05) is 38.0 Å². The second-order valence-electron chi connectivity index (χ2n) is 7.50. The van der Waals surface area contributed by atoms with Crippen molar-refractivity contribution in [3.63, 3.8) is 0 Å². The van der Waals surface area contributed by atoms with Crippen LogP contribution in [0.2, 0.25) is 0 Å². The molecule has 0 aliphatic carbocycles. The van der Waals surface area contributed by atoms with Crippen molar-refractivity contribution in [1.29, 1.82) is 0 Å². The van der Waals surface area contributed by atoms with E-state index in [0.29, 0.717) is 65.4 Å². The Hall–Kier alpha value is -1.40. The molecule has 2 saturated heterocycles. The van der Waals surface area contributed by atoms with Crippen LogP contribution < -0.4 is 0 Å². The van der Waals surface area contributed by atoms with Gasteiger partial charge in [0.1, 0.15) is 0 Å². The van der Waals surface area contributed by atoms with E-state index in [4.69, 9.17) is 9.47 Å². The van der Waals surface area contributed by atoms with E-state index < -0.39 is 5.41 Å². The van der Waals surface area contributed by atoms with Crippen molar-refractivity contribution in [2.45, 2.75) is 33.6 Å². The number of nitrogens with zero attached hydrogens (tertiary/aromatic N) is 2. The molecule has 0 unspecified atom stereocenters. The van der Waals surface area contributed by atoms with E-state index in [1.165, 1.54) is 0 Å². The summed E-state index contributed by atoms with van der Waals surface area (Å²) in [6, 6.07) is 0. The van der Waals surface area contributed by atoms with Gasteiger partial charge in [-0.05, 0) is 12.3 Å². The summed E-state index contributed by atoms with van der Waals surface area (Å²) in [6.45, 7) is 15.2. The summed E-state index contributed by atoms with van der Waals surface area (Å²) in [5, 5.41) is 0. The fraction of sp³-hybridized carbons (Fsp3) is 0.789. The van der Waals surface area contributed by atoms with Gasteiger partial charge in [0.25, 0.3) is 0 Å². The van der Waals surface area contributed by atoms with Crippen LogP contribution in [0.5, 0.6) is 0 Å². The normalized spacial score (nSPS) is 20.3. The smallest absolute Gasteiger partial charge is 0.228 e. The highest BCUT2D eigenvalue weighted by atomic mass is 16.5. The van der Waals surface area contributed by atoms with Gasteiger partial charge in [0.05, 0.1) is 26.4 Å². The molecule has 2 heterocycles. The second kappa shape index (κ2) is 8.81. The summed E-state index contributed by atoms with van der Waals surface area (Å²) >= 11 is 0. The minimum absolute atomic E-state index is 0.0142. The molecule has 0 bridgehead atoms. The Morgan fingerprint density at radius 1 is 0.960 bits per heavy atom. The molecule has 2 aliphatic rings. The van der Waals surface area contributed by atoms with Crippen molar-refractivity contribution in [3.8, 4) is 0 Å². The van der Waals surface area contributed by atoms with Crippen LogP contribution in [0.4, 0.5) is 0 Å². The summed E-state index contributed by atoms with van der Waals surface area (Å²) < 4.78 is 10.6. The zero-order valence-corrected chi connectivity index (χ0v) is 15.9. The molecule has 0 radical (unpaired) electrons. The number of ether oxygens (including phenoxy) is 2. The van der Waals surface area contributed by atoms with E-state index >= 15 is 0 Å². The lowest BCUT2D eigenvalue weighted by molar-refractivity contribution is -0.146. The average Bonchev–Trinajstić information content (AvgIpc) is 2.65. The summed E-state index contributed by atoms with van der Waals surface area (Å²) in [4.78, 5) is 28.9. The average molecular weight is 352 g/mol. The topological polar surface area (TPSA) is 59.1 Å². The highest BCUT2D eigenvalue weighted by Gasteiger charge is 2.38. The third-order valence-corrected chi connectivity index (χ3v) is 5.57. The summed E-state index contributed by atoms with van der Waals surface area (Å²) in [7, 11) is 0. The monoisotopic (exact) mass is 352 g/mol. The van der Waals surface area contributed by atoms with Gasteiger partial charge < -0.3 is 19.3 Å². The summed E-state index contributed by atoms with van der Waals surface area (Å²) in [5.41, 5.74) is 0.435. The molecule has 0 N–H and O–H groups in total. The Labute approximate surface area is 151 Å². The molecule has 2 rings (SSSR count). The Balaban J connectivity index is 1.86. The Kier molecular flexibility index (Phi) is 7.02. The van der Waals surface area contributed by atoms with Gasteiger partial charge in [0.15, 0.2) is 0 Å². The van der Waals surface area contributed by atoms with Crippen LogP contribution in [0, 0.1) is 11.3 Å². The molecule has 25 heavy (non-hydrogen) atoms. The molecule has 0 aromatic rings. The van der Waals surface area contributed by atoms with E-state index in [1.54, 1.807) is 0 Å². The van der Waals surface area contributed by atoms with Crippen LogP contribution in [0.3, 0.4) is 0 Å². The maximum Gasteiger partial charge on any atom is 0.228 e. The van der Waals surface area contributed by atoms with Gasteiger partial charge in [-0.15, -0.1) is 0 Å². The van der Waals surface area contributed by atoms with Crippen molar-refractivity contribution in [1.82, 2.24) is 9.80 Å². The van der Waals surface area contributed by atoms with Crippen LogP contribution in [-0.2, 0) is 19.1 Å². The Morgan fingerprint density at radius 3 is 1.96 bits per heavy atom. The molecule has 0 spiro atoms. The SMILES string of the molecule is C=C(CCC(=O)N1CCOCC1)[C@@H](C)C(C)(C)C(=O)N1CCOCC1. The number of carbonyl (C=O) groups excluding carboxylic acids is 2. The highest BCUT2D eigenvalue weighted by Crippen LogP contribution is 2.35. The minimum atomic E-state index is -0.531. The zero-order chi connectivity index (χ0) is 18.4. The van der Waals surface area contributed by atoms with Gasteiger partial charge in [-0.25, -0.2) is 0 Å². The molecule has 2 fully saturated rings. The van der Waals surface area contributed by atoms with Gasteiger partial charge in [-0.3, -0.25) is 9.59 Å². The molecule has 142 valence electrons. The van der Waals surface area contributed by atoms with E-state index in [0.717, 1.165) is 5.57 Å². The maximum atomic E-state index is 12.9. The van der Waals surface area contributed by atoms with Crippen molar-refractivity contribution >= 4 is 11.8 Å².